The lowest BCUT2D eigenvalue weighted by atomic mass is 9.92. The zero-order chi connectivity index (χ0) is 20.8. The lowest BCUT2D eigenvalue weighted by Crippen LogP contribution is -2.35. The summed E-state index contributed by atoms with van der Waals surface area (Å²) in [6.45, 7) is 12.7. The fraction of sp³-hybridized carbons (Fsp3) is 0.391. The van der Waals surface area contributed by atoms with Crippen molar-refractivity contribution in [1.29, 1.82) is 0 Å². The van der Waals surface area contributed by atoms with Gasteiger partial charge in [0.1, 0.15) is 0 Å². The molecule has 5 heteroatoms. The van der Waals surface area contributed by atoms with Gasteiger partial charge < -0.3 is 15.4 Å². The van der Waals surface area contributed by atoms with Crippen LogP contribution in [0.25, 0.3) is 0 Å². The van der Waals surface area contributed by atoms with Crippen LogP contribution >= 0.6 is 12.2 Å². The van der Waals surface area contributed by atoms with Crippen molar-refractivity contribution in [2.75, 3.05) is 11.9 Å². The van der Waals surface area contributed by atoms with Gasteiger partial charge in [-0.15, -0.1) is 0 Å². The van der Waals surface area contributed by atoms with Crippen LogP contribution in [0.1, 0.15) is 59.4 Å². The summed E-state index contributed by atoms with van der Waals surface area (Å²) < 4.78 is 5.09. The van der Waals surface area contributed by atoms with Gasteiger partial charge in [0.15, 0.2) is 5.11 Å². The van der Waals surface area contributed by atoms with Gasteiger partial charge in [-0.25, -0.2) is 4.79 Å². The highest BCUT2D eigenvalue weighted by Gasteiger charge is 2.19. The van der Waals surface area contributed by atoms with Gasteiger partial charge in [0.05, 0.1) is 18.2 Å². The average molecular weight is 399 g/mol. The van der Waals surface area contributed by atoms with Crippen molar-refractivity contribution in [1.82, 2.24) is 5.32 Å². The van der Waals surface area contributed by atoms with E-state index in [4.69, 9.17) is 17.0 Å². The second-order valence-electron chi connectivity index (χ2n) is 7.43. The Labute approximate surface area is 173 Å². The summed E-state index contributed by atoms with van der Waals surface area (Å²) in [5.41, 5.74) is 6.04. The third kappa shape index (κ3) is 5.55. The van der Waals surface area contributed by atoms with Gasteiger partial charge in [-0.2, -0.15) is 0 Å². The number of ether oxygens (including phenoxy) is 1. The van der Waals surface area contributed by atoms with Crippen LogP contribution in [-0.2, 0) is 4.74 Å². The molecule has 0 radical (unpaired) electrons. The van der Waals surface area contributed by atoms with Gasteiger partial charge in [-0.1, -0.05) is 43.7 Å². The quantitative estimate of drug-likeness (QED) is 0.499. The minimum absolute atomic E-state index is 0.0918. The molecule has 2 N–H and O–H groups in total. The lowest BCUT2D eigenvalue weighted by Gasteiger charge is -2.26. The van der Waals surface area contributed by atoms with E-state index in [2.05, 4.69) is 56.5 Å². The second kappa shape index (κ2) is 9.69. The van der Waals surface area contributed by atoms with Crippen molar-refractivity contribution in [3.63, 3.8) is 0 Å². The Balaban J connectivity index is 2.19. The maximum absolute atomic E-state index is 12.0. The van der Waals surface area contributed by atoms with Gasteiger partial charge in [0, 0.05) is 5.69 Å². The van der Waals surface area contributed by atoms with E-state index in [-0.39, 0.29) is 12.0 Å². The highest BCUT2D eigenvalue weighted by Crippen LogP contribution is 2.26. The van der Waals surface area contributed by atoms with Crippen LogP contribution in [0.5, 0.6) is 0 Å². The van der Waals surface area contributed by atoms with E-state index in [1.165, 1.54) is 16.7 Å². The van der Waals surface area contributed by atoms with Gasteiger partial charge in [0.2, 0.25) is 0 Å². The van der Waals surface area contributed by atoms with E-state index in [1.54, 1.807) is 19.1 Å². The molecule has 0 spiro atoms. The van der Waals surface area contributed by atoms with Crippen molar-refractivity contribution in [2.45, 2.75) is 47.6 Å². The van der Waals surface area contributed by atoms with Crippen molar-refractivity contribution in [2.24, 2.45) is 5.92 Å². The molecular formula is C23H30N2O2S. The van der Waals surface area contributed by atoms with Crippen molar-refractivity contribution in [3.8, 4) is 0 Å². The van der Waals surface area contributed by atoms with Crippen LogP contribution in [0.3, 0.4) is 0 Å². The van der Waals surface area contributed by atoms with Crippen LogP contribution in [0, 0.1) is 26.7 Å². The Bertz CT molecular complexity index is 862. The summed E-state index contributed by atoms with van der Waals surface area (Å²) in [5, 5.41) is 7.22. The number of carbonyl (C=O) groups is 1. The molecule has 28 heavy (non-hydrogen) atoms. The number of rotatable bonds is 6. The molecule has 0 heterocycles. The molecule has 0 aliphatic rings. The molecule has 0 amide bonds. The predicted molar refractivity (Wildman–Crippen MR) is 120 cm³/mol. The highest BCUT2D eigenvalue weighted by molar-refractivity contribution is 7.80. The minimum atomic E-state index is -0.334. The van der Waals surface area contributed by atoms with Gasteiger partial charge >= 0.3 is 5.97 Å². The normalized spacial score (nSPS) is 11.8. The number of aryl methyl sites for hydroxylation is 3. The molecule has 1 atom stereocenters. The first-order valence-corrected chi connectivity index (χ1v) is 10.1. The van der Waals surface area contributed by atoms with E-state index >= 15 is 0 Å². The predicted octanol–water partition coefficient (Wildman–Crippen LogP) is 5.47. The first-order chi connectivity index (χ1) is 13.2. The van der Waals surface area contributed by atoms with Gasteiger partial charge in [0.25, 0.3) is 0 Å². The molecule has 2 aromatic rings. The van der Waals surface area contributed by atoms with E-state index in [1.807, 2.05) is 13.0 Å². The zero-order valence-corrected chi connectivity index (χ0v) is 18.4. The molecule has 4 nitrogen and oxygen atoms in total. The molecule has 0 fully saturated rings. The van der Waals surface area contributed by atoms with Crippen molar-refractivity contribution >= 4 is 29.0 Å². The van der Waals surface area contributed by atoms with Crippen LogP contribution in [0.4, 0.5) is 5.69 Å². The van der Waals surface area contributed by atoms with Crippen LogP contribution in [0.2, 0.25) is 0 Å². The Morgan fingerprint density at radius 2 is 1.79 bits per heavy atom. The first kappa shape index (κ1) is 21.9. The first-order valence-electron chi connectivity index (χ1n) is 9.65. The fourth-order valence-corrected chi connectivity index (χ4v) is 3.41. The second-order valence-corrected chi connectivity index (χ2v) is 7.84. The SMILES string of the molecule is CCOC(=O)c1ccc(C)c(NC(=S)N[C@H](c2ccc(C)cc2C)C(C)C)c1. The monoisotopic (exact) mass is 398 g/mol. The molecule has 0 unspecified atom stereocenters. The molecule has 0 aliphatic heterocycles. The number of anilines is 1. The number of carbonyl (C=O) groups excluding carboxylic acids is 1. The summed E-state index contributed by atoms with van der Waals surface area (Å²) in [6.07, 6.45) is 0. The maximum atomic E-state index is 12.0. The molecule has 150 valence electrons. The number of nitrogens with one attached hydrogen (secondary N) is 2. The summed E-state index contributed by atoms with van der Waals surface area (Å²) in [5.74, 6) is 0.0212. The van der Waals surface area contributed by atoms with Crippen molar-refractivity contribution in [3.05, 3.63) is 64.2 Å². The highest BCUT2D eigenvalue weighted by atomic mass is 32.1. The molecule has 0 saturated carbocycles. The van der Waals surface area contributed by atoms with E-state index in [0.717, 1.165) is 11.3 Å². The van der Waals surface area contributed by atoms with Crippen LogP contribution in [-0.4, -0.2) is 17.7 Å². The summed E-state index contributed by atoms with van der Waals surface area (Å²) >= 11 is 5.58. The average Bonchev–Trinajstić information content (AvgIpc) is 2.62. The number of benzene rings is 2. The minimum Gasteiger partial charge on any atom is -0.462 e. The third-order valence-corrected chi connectivity index (χ3v) is 4.93. The number of thiocarbonyl (C=S) groups is 1. The van der Waals surface area contributed by atoms with Crippen molar-refractivity contribution < 1.29 is 9.53 Å². The maximum Gasteiger partial charge on any atom is 0.338 e. The number of hydrogen-bond donors (Lipinski definition) is 2. The molecule has 2 rings (SSSR count). The molecule has 0 saturated heterocycles. The third-order valence-electron chi connectivity index (χ3n) is 4.71. The fourth-order valence-electron chi connectivity index (χ4n) is 3.18. The molecular weight excluding hydrogens is 368 g/mol. The van der Waals surface area contributed by atoms with Gasteiger partial charge in [-0.3, -0.25) is 0 Å². The Kier molecular flexibility index (Phi) is 7.58. The van der Waals surface area contributed by atoms with E-state index in [9.17, 15) is 4.79 Å². The lowest BCUT2D eigenvalue weighted by molar-refractivity contribution is 0.0526. The standard InChI is InChI=1S/C23H30N2O2S/c1-7-27-22(26)18-10-9-16(5)20(13-18)24-23(28)25-21(14(2)3)19-11-8-15(4)12-17(19)6/h8-14,21H,7H2,1-6H3,(H2,24,25,28)/t21-/m0/s1. The Morgan fingerprint density at radius 1 is 1.07 bits per heavy atom. The summed E-state index contributed by atoms with van der Waals surface area (Å²) in [6, 6.07) is 12.0. The molecule has 0 aliphatic carbocycles. The van der Waals surface area contributed by atoms with E-state index in [0.29, 0.717) is 23.2 Å². The summed E-state index contributed by atoms with van der Waals surface area (Å²) in [7, 11) is 0. The van der Waals surface area contributed by atoms with Gasteiger partial charge in [-0.05, 0) is 74.7 Å². The zero-order valence-electron chi connectivity index (χ0n) is 17.6. The largest absolute Gasteiger partial charge is 0.462 e. The summed E-state index contributed by atoms with van der Waals surface area (Å²) in [4.78, 5) is 12.0. The number of esters is 1. The number of hydrogen-bond acceptors (Lipinski definition) is 3. The van der Waals surface area contributed by atoms with E-state index < -0.39 is 0 Å². The molecule has 0 bridgehead atoms. The molecule has 2 aromatic carbocycles. The Hall–Kier alpha value is -2.40. The molecule has 0 aromatic heterocycles. The van der Waals surface area contributed by atoms with Crippen LogP contribution < -0.4 is 10.6 Å². The van der Waals surface area contributed by atoms with Crippen LogP contribution in [0.15, 0.2) is 36.4 Å². The smallest absolute Gasteiger partial charge is 0.338 e. The topological polar surface area (TPSA) is 50.4 Å². The Morgan fingerprint density at radius 3 is 2.39 bits per heavy atom.